The van der Waals surface area contributed by atoms with E-state index in [2.05, 4.69) is 43.5 Å². The number of rotatable bonds is 5. The van der Waals surface area contributed by atoms with Crippen molar-refractivity contribution in [3.05, 3.63) is 47.0 Å². The van der Waals surface area contributed by atoms with Crippen LogP contribution in [0.1, 0.15) is 31.6 Å². The molecule has 0 aliphatic carbocycles. The van der Waals surface area contributed by atoms with Gasteiger partial charge in [-0.2, -0.15) is 0 Å². The highest BCUT2D eigenvalue weighted by Crippen LogP contribution is 2.16. The summed E-state index contributed by atoms with van der Waals surface area (Å²) in [6.45, 7) is 2.07. The van der Waals surface area contributed by atoms with Crippen molar-refractivity contribution in [2.24, 2.45) is 0 Å². The van der Waals surface area contributed by atoms with Crippen LogP contribution in [0.15, 0.2) is 41.1 Å². The molecule has 2 amide bonds. The second-order valence-electron chi connectivity index (χ2n) is 4.42. The molecule has 0 bridgehead atoms. The molecule has 20 heavy (non-hydrogen) atoms. The maximum atomic E-state index is 12.0. The number of urea groups is 1. The standard InChI is InChI=1S/C14H17BrN4O/c1-2-3-12(13-16-8-9-17-13)19-14(20)18-11-6-4-10(15)5-7-11/h4-9,12H,2-3H2,1H3,(H,16,17)(H2,18,19,20)/t12-/m0/s1. The zero-order valence-electron chi connectivity index (χ0n) is 11.2. The number of anilines is 1. The van der Waals surface area contributed by atoms with Gasteiger partial charge in [0.15, 0.2) is 0 Å². The molecule has 0 aliphatic rings. The Kier molecular flexibility index (Phi) is 5.17. The number of aromatic amines is 1. The summed E-state index contributed by atoms with van der Waals surface area (Å²) < 4.78 is 0.975. The van der Waals surface area contributed by atoms with Crippen molar-refractivity contribution < 1.29 is 4.79 Å². The van der Waals surface area contributed by atoms with Gasteiger partial charge in [-0.05, 0) is 30.7 Å². The van der Waals surface area contributed by atoms with Crippen molar-refractivity contribution in [2.45, 2.75) is 25.8 Å². The van der Waals surface area contributed by atoms with Gasteiger partial charge in [-0.1, -0.05) is 29.3 Å². The predicted molar refractivity (Wildman–Crippen MR) is 82.5 cm³/mol. The van der Waals surface area contributed by atoms with Crippen LogP contribution in [0.5, 0.6) is 0 Å². The average Bonchev–Trinajstić information content (AvgIpc) is 2.95. The van der Waals surface area contributed by atoms with Gasteiger partial charge in [0.05, 0.1) is 6.04 Å². The number of halogens is 1. The molecular weight excluding hydrogens is 320 g/mol. The first-order chi connectivity index (χ1) is 9.69. The topological polar surface area (TPSA) is 69.8 Å². The van der Waals surface area contributed by atoms with E-state index in [1.165, 1.54) is 0 Å². The molecule has 1 atom stereocenters. The van der Waals surface area contributed by atoms with E-state index in [1.807, 2.05) is 24.3 Å². The van der Waals surface area contributed by atoms with Gasteiger partial charge in [-0.25, -0.2) is 9.78 Å². The quantitative estimate of drug-likeness (QED) is 0.776. The molecular formula is C14H17BrN4O. The zero-order chi connectivity index (χ0) is 14.4. The monoisotopic (exact) mass is 336 g/mol. The zero-order valence-corrected chi connectivity index (χ0v) is 12.8. The molecule has 0 spiro atoms. The van der Waals surface area contributed by atoms with Crippen molar-refractivity contribution in [3.8, 4) is 0 Å². The first-order valence-corrected chi connectivity index (χ1v) is 7.30. The van der Waals surface area contributed by atoms with Crippen molar-refractivity contribution in [1.29, 1.82) is 0 Å². The largest absolute Gasteiger partial charge is 0.347 e. The van der Waals surface area contributed by atoms with Gasteiger partial charge >= 0.3 is 6.03 Å². The smallest absolute Gasteiger partial charge is 0.319 e. The summed E-state index contributed by atoms with van der Waals surface area (Å²) in [5.74, 6) is 0.776. The summed E-state index contributed by atoms with van der Waals surface area (Å²) in [6, 6.07) is 7.10. The van der Waals surface area contributed by atoms with Crippen molar-refractivity contribution in [3.63, 3.8) is 0 Å². The molecule has 0 radical (unpaired) electrons. The van der Waals surface area contributed by atoms with Gasteiger partial charge in [0.2, 0.25) is 0 Å². The number of hydrogen-bond donors (Lipinski definition) is 3. The van der Waals surface area contributed by atoms with E-state index < -0.39 is 0 Å². The fraction of sp³-hybridized carbons (Fsp3) is 0.286. The molecule has 2 aromatic rings. The molecule has 6 heteroatoms. The minimum absolute atomic E-state index is 0.106. The second kappa shape index (κ2) is 7.09. The van der Waals surface area contributed by atoms with E-state index in [-0.39, 0.29) is 12.1 Å². The number of amides is 2. The number of H-pyrrole nitrogens is 1. The summed E-state index contributed by atoms with van der Waals surface area (Å²) in [6.07, 6.45) is 5.24. The van der Waals surface area contributed by atoms with Gasteiger partial charge in [0.25, 0.3) is 0 Å². The van der Waals surface area contributed by atoms with E-state index in [0.29, 0.717) is 0 Å². The summed E-state index contributed by atoms with van der Waals surface area (Å²) >= 11 is 3.36. The number of aromatic nitrogens is 2. The first kappa shape index (κ1) is 14.6. The summed E-state index contributed by atoms with van der Waals surface area (Å²) in [4.78, 5) is 19.2. The number of nitrogens with zero attached hydrogens (tertiary/aromatic N) is 1. The Morgan fingerprint density at radius 2 is 2.15 bits per heavy atom. The highest BCUT2D eigenvalue weighted by Gasteiger charge is 2.15. The molecule has 0 aliphatic heterocycles. The van der Waals surface area contributed by atoms with Gasteiger partial charge in [0, 0.05) is 22.6 Å². The number of imidazole rings is 1. The van der Waals surface area contributed by atoms with Gasteiger partial charge < -0.3 is 15.6 Å². The highest BCUT2D eigenvalue weighted by molar-refractivity contribution is 9.10. The fourth-order valence-corrected chi connectivity index (χ4v) is 2.16. The van der Waals surface area contributed by atoms with E-state index in [9.17, 15) is 4.79 Å². The summed E-state index contributed by atoms with van der Waals surface area (Å²) in [5, 5.41) is 5.74. The van der Waals surface area contributed by atoms with Crippen LogP contribution in [0.25, 0.3) is 0 Å². The third-order valence-electron chi connectivity index (χ3n) is 2.83. The molecule has 3 N–H and O–H groups in total. The van der Waals surface area contributed by atoms with Crippen molar-refractivity contribution in [1.82, 2.24) is 15.3 Å². The Morgan fingerprint density at radius 3 is 2.75 bits per heavy atom. The number of nitrogens with one attached hydrogen (secondary N) is 3. The minimum atomic E-state index is -0.234. The molecule has 0 saturated heterocycles. The molecule has 1 aromatic carbocycles. The van der Waals surface area contributed by atoms with E-state index in [1.54, 1.807) is 12.4 Å². The maximum absolute atomic E-state index is 12.0. The SMILES string of the molecule is CCC[C@H](NC(=O)Nc1ccc(Br)cc1)c1ncc[nH]1. The molecule has 0 saturated carbocycles. The van der Waals surface area contributed by atoms with Crippen LogP contribution in [-0.2, 0) is 0 Å². The number of hydrogen-bond acceptors (Lipinski definition) is 2. The maximum Gasteiger partial charge on any atom is 0.319 e. The van der Waals surface area contributed by atoms with Crippen LogP contribution in [0, 0.1) is 0 Å². The summed E-state index contributed by atoms with van der Waals surface area (Å²) in [7, 11) is 0. The predicted octanol–water partition coefficient (Wildman–Crippen LogP) is 3.84. The molecule has 1 heterocycles. The van der Waals surface area contributed by atoms with Crippen LogP contribution in [0.2, 0.25) is 0 Å². The van der Waals surface area contributed by atoms with Crippen LogP contribution in [-0.4, -0.2) is 16.0 Å². The molecule has 1 aromatic heterocycles. The molecule has 106 valence electrons. The number of benzene rings is 1. The van der Waals surface area contributed by atoms with Crippen molar-refractivity contribution in [2.75, 3.05) is 5.32 Å². The lowest BCUT2D eigenvalue weighted by atomic mass is 10.1. The second-order valence-corrected chi connectivity index (χ2v) is 5.34. The molecule has 0 fully saturated rings. The Balaban J connectivity index is 1.96. The molecule has 5 nitrogen and oxygen atoms in total. The highest BCUT2D eigenvalue weighted by atomic mass is 79.9. The van der Waals surface area contributed by atoms with Crippen LogP contribution < -0.4 is 10.6 Å². The van der Waals surface area contributed by atoms with Gasteiger partial charge in [-0.3, -0.25) is 0 Å². The fourth-order valence-electron chi connectivity index (χ4n) is 1.89. The Bertz CT molecular complexity index is 539. The Labute approximate surface area is 126 Å². The lowest BCUT2D eigenvalue weighted by Gasteiger charge is -2.16. The van der Waals surface area contributed by atoms with Crippen LogP contribution in [0.3, 0.4) is 0 Å². The lowest BCUT2D eigenvalue weighted by Crippen LogP contribution is -2.33. The van der Waals surface area contributed by atoms with E-state index in [4.69, 9.17) is 0 Å². The Morgan fingerprint density at radius 1 is 1.40 bits per heavy atom. The lowest BCUT2D eigenvalue weighted by molar-refractivity contribution is 0.247. The van der Waals surface area contributed by atoms with Gasteiger partial charge in [0.1, 0.15) is 5.82 Å². The van der Waals surface area contributed by atoms with E-state index >= 15 is 0 Å². The third kappa shape index (κ3) is 4.09. The normalized spacial score (nSPS) is 11.9. The van der Waals surface area contributed by atoms with E-state index in [0.717, 1.165) is 28.8 Å². The third-order valence-corrected chi connectivity index (χ3v) is 3.36. The Hall–Kier alpha value is -1.82. The first-order valence-electron chi connectivity index (χ1n) is 6.51. The minimum Gasteiger partial charge on any atom is -0.347 e. The van der Waals surface area contributed by atoms with Crippen LogP contribution in [0.4, 0.5) is 10.5 Å². The number of carbonyl (C=O) groups excluding carboxylic acids is 1. The van der Waals surface area contributed by atoms with Gasteiger partial charge in [-0.15, -0.1) is 0 Å². The summed E-state index contributed by atoms with van der Waals surface area (Å²) in [5.41, 5.74) is 0.750. The van der Waals surface area contributed by atoms with Crippen LogP contribution >= 0.6 is 15.9 Å². The average molecular weight is 337 g/mol. The molecule has 2 rings (SSSR count). The number of carbonyl (C=O) groups is 1. The molecule has 0 unspecified atom stereocenters. The van der Waals surface area contributed by atoms with Crippen molar-refractivity contribution >= 4 is 27.6 Å².